The van der Waals surface area contributed by atoms with Crippen LogP contribution in [0, 0.1) is 6.92 Å². The zero-order chi connectivity index (χ0) is 19.0. The van der Waals surface area contributed by atoms with Crippen molar-refractivity contribution in [1.82, 2.24) is 24.1 Å². The molecular weight excluding hydrogens is 386 g/mol. The van der Waals surface area contributed by atoms with Gasteiger partial charge in [-0.1, -0.05) is 18.0 Å². The summed E-state index contributed by atoms with van der Waals surface area (Å²) in [6.45, 7) is 3.64. The highest BCUT2D eigenvalue weighted by atomic mass is 35.5. The number of aryl methyl sites for hydroxylation is 2. The van der Waals surface area contributed by atoms with Crippen molar-refractivity contribution in [2.24, 2.45) is 0 Å². The molecule has 0 saturated carbocycles. The van der Waals surface area contributed by atoms with E-state index >= 15 is 0 Å². The molecule has 0 radical (unpaired) electrons. The number of pyridine rings is 1. The first kappa shape index (κ1) is 18.8. The SMILES string of the molecule is Cc1cc(S(=O)(=O)N2CCCC(c3nnc4n3CCCCC4)C2)cnc1Cl. The van der Waals surface area contributed by atoms with E-state index in [4.69, 9.17) is 11.6 Å². The topological polar surface area (TPSA) is 81.0 Å². The van der Waals surface area contributed by atoms with Gasteiger partial charge in [0.05, 0.1) is 0 Å². The van der Waals surface area contributed by atoms with Crippen LogP contribution in [0.2, 0.25) is 5.15 Å². The highest BCUT2D eigenvalue weighted by Crippen LogP contribution is 2.31. The third-order valence-corrected chi connectivity index (χ3v) is 7.74. The number of piperidine rings is 1. The van der Waals surface area contributed by atoms with Gasteiger partial charge in [-0.3, -0.25) is 0 Å². The third kappa shape index (κ3) is 3.62. The quantitative estimate of drug-likeness (QED) is 0.728. The van der Waals surface area contributed by atoms with Gasteiger partial charge in [0.25, 0.3) is 0 Å². The molecule has 2 aromatic heterocycles. The van der Waals surface area contributed by atoms with E-state index in [1.165, 1.54) is 12.6 Å². The van der Waals surface area contributed by atoms with Crippen molar-refractivity contribution in [1.29, 1.82) is 0 Å². The number of nitrogens with zero attached hydrogens (tertiary/aromatic N) is 5. The Balaban J connectivity index is 1.59. The average molecular weight is 410 g/mol. The van der Waals surface area contributed by atoms with E-state index in [1.54, 1.807) is 17.3 Å². The van der Waals surface area contributed by atoms with Crippen molar-refractivity contribution in [2.45, 2.75) is 62.8 Å². The Morgan fingerprint density at radius 3 is 2.81 bits per heavy atom. The van der Waals surface area contributed by atoms with Crippen molar-refractivity contribution >= 4 is 21.6 Å². The van der Waals surface area contributed by atoms with Crippen molar-refractivity contribution in [2.75, 3.05) is 13.1 Å². The van der Waals surface area contributed by atoms with Gasteiger partial charge in [-0.15, -0.1) is 10.2 Å². The Hall–Kier alpha value is -1.51. The molecule has 0 N–H and O–H groups in total. The molecule has 1 atom stereocenters. The summed E-state index contributed by atoms with van der Waals surface area (Å²) in [5, 5.41) is 9.15. The summed E-state index contributed by atoms with van der Waals surface area (Å²) < 4.78 is 30.0. The number of rotatable bonds is 3. The Kier molecular flexibility index (Phi) is 5.22. The molecule has 1 unspecified atom stereocenters. The number of aromatic nitrogens is 4. The molecule has 27 heavy (non-hydrogen) atoms. The third-order valence-electron chi connectivity index (χ3n) is 5.51. The lowest BCUT2D eigenvalue weighted by Crippen LogP contribution is -2.39. The van der Waals surface area contributed by atoms with Crippen LogP contribution in [-0.2, 0) is 23.0 Å². The number of sulfonamides is 1. The lowest BCUT2D eigenvalue weighted by atomic mass is 9.99. The molecule has 0 amide bonds. The minimum atomic E-state index is -3.60. The monoisotopic (exact) mass is 409 g/mol. The first-order valence-electron chi connectivity index (χ1n) is 9.51. The smallest absolute Gasteiger partial charge is 0.244 e. The number of hydrogen-bond acceptors (Lipinski definition) is 5. The number of halogens is 1. The fourth-order valence-corrected chi connectivity index (χ4v) is 5.66. The fraction of sp³-hybridized carbons (Fsp3) is 0.611. The van der Waals surface area contributed by atoms with Crippen LogP contribution in [0.3, 0.4) is 0 Å². The largest absolute Gasteiger partial charge is 0.315 e. The summed E-state index contributed by atoms with van der Waals surface area (Å²) >= 11 is 5.95. The second-order valence-corrected chi connectivity index (χ2v) is 9.71. The number of fused-ring (bicyclic) bond motifs is 1. The van der Waals surface area contributed by atoms with Crippen LogP contribution in [-0.4, -0.2) is 45.6 Å². The van der Waals surface area contributed by atoms with E-state index in [1.807, 2.05) is 0 Å². The molecule has 0 spiro atoms. The normalized spacial score (nSPS) is 21.6. The summed E-state index contributed by atoms with van der Waals surface area (Å²) in [5.74, 6) is 2.06. The molecule has 0 aliphatic carbocycles. The van der Waals surface area contributed by atoms with Crippen LogP contribution in [0.1, 0.15) is 55.2 Å². The summed E-state index contributed by atoms with van der Waals surface area (Å²) in [7, 11) is -3.60. The maximum Gasteiger partial charge on any atom is 0.244 e. The summed E-state index contributed by atoms with van der Waals surface area (Å²) in [6.07, 6.45) is 7.52. The van der Waals surface area contributed by atoms with E-state index in [9.17, 15) is 8.42 Å². The first-order chi connectivity index (χ1) is 13.0. The first-order valence-corrected chi connectivity index (χ1v) is 11.3. The molecule has 0 bridgehead atoms. The van der Waals surface area contributed by atoms with E-state index < -0.39 is 10.0 Å². The minimum absolute atomic E-state index is 0.0780. The average Bonchev–Trinajstić information content (AvgIpc) is 2.92. The molecule has 146 valence electrons. The van der Waals surface area contributed by atoms with Crippen LogP contribution in [0.5, 0.6) is 0 Å². The second-order valence-electron chi connectivity index (χ2n) is 7.42. The Bertz CT molecular complexity index is 943. The maximum absolute atomic E-state index is 13.1. The number of hydrogen-bond donors (Lipinski definition) is 0. The van der Waals surface area contributed by atoms with Crippen LogP contribution in [0.25, 0.3) is 0 Å². The van der Waals surface area contributed by atoms with Gasteiger partial charge < -0.3 is 4.57 Å². The minimum Gasteiger partial charge on any atom is -0.315 e. The van der Waals surface area contributed by atoms with Crippen molar-refractivity contribution in [3.8, 4) is 0 Å². The van der Waals surface area contributed by atoms with Gasteiger partial charge in [0.15, 0.2) is 0 Å². The molecule has 2 aromatic rings. The molecule has 2 aliphatic heterocycles. The van der Waals surface area contributed by atoms with Crippen LogP contribution < -0.4 is 0 Å². The van der Waals surface area contributed by atoms with E-state index in [0.717, 1.165) is 50.3 Å². The van der Waals surface area contributed by atoms with Crippen molar-refractivity contribution < 1.29 is 8.42 Å². The lowest BCUT2D eigenvalue weighted by molar-refractivity contribution is 0.304. The van der Waals surface area contributed by atoms with Crippen LogP contribution in [0.15, 0.2) is 17.2 Å². The van der Waals surface area contributed by atoms with Gasteiger partial charge in [0, 0.05) is 38.2 Å². The maximum atomic E-state index is 13.1. The molecule has 1 saturated heterocycles. The van der Waals surface area contributed by atoms with E-state index in [2.05, 4.69) is 19.7 Å². The fourth-order valence-electron chi connectivity index (χ4n) is 4.00. The van der Waals surface area contributed by atoms with Crippen LogP contribution >= 0.6 is 11.6 Å². The Labute approximate surface area is 164 Å². The highest BCUT2D eigenvalue weighted by Gasteiger charge is 2.34. The molecule has 0 aromatic carbocycles. The summed E-state index contributed by atoms with van der Waals surface area (Å²) in [4.78, 5) is 4.21. The molecule has 4 heterocycles. The zero-order valence-electron chi connectivity index (χ0n) is 15.4. The summed E-state index contributed by atoms with van der Waals surface area (Å²) in [6, 6.07) is 1.59. The molecule has 1 fully saturated rings. The second kappa shape index (κ2) is 7.48. The van der Waals surface area contributed by atoms with E-state index in [-0.39, 0.29) is 10.8 Å². The van der Waals surface area contributed by atoms with Gasteiger partial charge in [-0.05, 0) is 44.2 Å². The molecule has 9 heteroatoms. The van der Waals surface area contributed by atoms with Crippen molar-refractivity contribution in [3.05, 3.63) is 34.6 Å². The highest BCUT2D eigenvalue weighted by molar-refractivity contribution is 7.89. The lowest BCUT2D eigenvalue weighted by Gasteiger charge is -2.31. The van der Waals surface area contributed by atoms with Gasteiger partial charge in [0.1, 0.15) is 21.7 Å². The van der Waals surface area contributed by atoms with Gasteiger partial charge >= 0.3 is 0 Å². The molecule has 2 aliphatic rings. The van der Waals surface area contributed by atoms with Gasteiger partial charge in [-0.2, -0.15) is 4.31 Å². The molecule has 4 rings (SSSR count). The Morgan fingerprint density at radius 1 is 1.15 bits per heavy atom. The molecular formula is C18H24ClN5O2S. The van der Waals surface area contributed by atoms with E-state index in [0.29, 0.717) is 23.8 Å². The predicted molar refractivity (Wildman–Crippen MR) is 102 cm³/mol. The summed E-state index contributed by atoms with van der Waals surface area (Å²) in [5.41, 5.74) is 0.661. The van der Waals surface area contributed by atoms with Crippen LogP contribution in [0.4, 0.5) is 0 Å². The van der Waals surface area contributed by atoms with Crippen molar-refractivity contribution in [3.63, 3.8) is 0 Å². The predicted octanol–water partition coefficient (Wildman–Crippen LogP) is 2.93. The molecule has 7 nitrogen and oxygen atoms in total. The standard InChI is InChI=1S/C18H24ClN5O2S/c1-13-10-15(11-20-17(13)19)27(25,26)23-8-5-6-14(12-23)18-22-21-16-7-3-2-4-9-24(16)18/h10-11,14H,2-9,12H2,1H3. The Morgan fingerprint density at radius 2 is 2.00 bits per heavy atom. The van der Waals surface area contributed by atoms with Gasteiger partial charge in [0.2, 0.25) is 10.0 Å². The zero-order valence-corrected chi connectivity index (χ0v) is 17.0. The van der Waals surface area contributed by atoms with Gasteiger partial charge in [-0.25, -0.2) is 13.4 Å².